The molecule has 0 fully saturated rings. The SMILES string of the molecule is CCNC(=O)C(CC)N(Cc1ccccc1)C(=O)CN(c1cc(Cl)cc(Cl)c1)S(=O)(=O)c1ccc(C)cc1. The third kappa shape index (κ3) is 7.28. The molecule has 0 aromatic heterocycles. The highest BCUT2D eigenvalue weighted by Gasteiger charge is 2.33. The molecule has 0 saturated heterocycles. The maximum absolute atomic E-state index is 13.9. The summed E-state index contributed by atoms with van der Waals surface area (Å²) in [5.41, 5.74) is 1.84. The van der Waals surface area contributed by atoms with Gasteiger partial charge < -0.3 is 10.2 Å². The Bertz CT molecular complexity index is 1350. The highest BCUT2D eigenvalue weighted by molar-refractivity contribution is 7.92. The van der Waals surface area contributed by atoms with Crippen molar-refractivity contribution >= 4 is 50.7 Å². The van der Waals surface area contributed by atoms with Crippen LogP contribution in [-0.2, 0) is 26.2 Å². The van der Waals surface area contributed by atoms with Crippen molar-refractivity contribution in [1.82, 2.24) is 10.2 Å². The molecule has 38 heavy (non-hydrogen) atoms. The fraction of sp³-hybridized carbons (Fsp3) is 0.286. The van der Waals surface area contributed by atoms with E-state index in [1.165, 1.54) is 35.2 Å². The number of nitrogens with one attached hydrogen (secondary N) is 1. The van der Waals surface area contributed by atoms with Crippen molar-refractivity contribution in [3.8, 4) is 0 Å². The molecule has 0 spiro atoms. The van der Waals surface area contributed by atoms with Crippen LogP contribution in [0, 0.1) is 6.92 Å². The number of nitrogens with zero attached hydrogens (tertiary/aromatic N) is 2. The number of anilines is 1. The maximum Gasteiger partial charge on any atom is 0.264 e. The van der Waals surface area contributed by atoms with Crippen LogP contribution in [0.1, 0.15) is 31.4 Å². The van der Waals surface area contributed by atoms with Gasteiger partial charge in [0.25, 0.3) is 10.0 Å². The molecule has 3 rings (SSSR count). The van der Waals surface area contributed by atoms with E-state index in [1.54, 1.807) is 19.1 Å². The van der Waals surface area contributed by atoms with E-state index < -0.39 is 28.5 Å². The van der Waals surface area contributed by atoms with Crippen molar-refractivity contribution in [1.29, 1.82) is 0 Å². The van der Waals surface area contributed by atoms with E-state index in [2.05, 4.69) is 5.32 Å². The Morgan fingerprint density at radius 3 is 2.08 bits per heavy atom. The van der Waals surface area contributed by atoms with Crippen molar-refractivity contribution in [2.24, 2.45) is 0 Å². The van der Waals surface area contributed by atoms with E-state index in [4.69, 9.17) is 23.2 Å². The Hall–Kier alpha value is -3.07. The lowest BCUT2D eigenvalue weighted by Gasteiger charge is -2.33. The lowest BCUT2D eigenvalue weighted by molar-refractivity contribution is -0.140. The maximum atomic E-state index is 13.9. The van der Waals surface area contributed by atoms with Gasteiger partial charge in [0.05, 0.1) is 10.6 Å². The summed E-state index contributed by atoms with van der Waals surface area (Å²) in [6.45, 7) is 5.43. The van der Waals surface area contributed by atoms with Crippen molar-refractivity contribution in [3.63, 3.8) is 0 Å². The minimum atomic E-state index is -4.20. The number of rotatable bonds is 11. The van der Waals surface area contributed by atoms with Gasteiger partial charge in [-0.25, -0.2) is 8.42 Å². The first kappa shape index (κ1) is 29.5. The number of aryl methyl sites for hydroxylation is 1. The molecule has 1 atom stereocenters. The van der Waals surface area contributed by atoms with E-state index >= 15 is 0 Å². The number of hydrogen-bond donors (Lipinski definition) is 1. The molecule has 0 heterocycles. The van der Waals surface area contributed by atoms with Crippen LogP contribution in [-0.4, -0.2) is 44.3 Å². The largest absolute Gasteiger partial charge is 0.355 e. The van der Waals surface area contributed by atoms with Crippen molar-refractivity contribution in [2.45, 2.75) is 44.7 Å². The van der Waals surface area contributed by atoms with Gasteiger partial charge in [0, 0.05) is 23.1 Å². The van der Waals surface area contributed by atoms with Crippen LogP contribution < -0.4 is 9.62 Å². The lowest BCUT2D eigenvalue weighted by atomic mass is 10.1. The molecule has 10 heteroatoms. The number of likely N-dealkylation sites (N-methyl/N-ethyl adjacent to an activating group) is 1. The highest BCUT2D eigenvalue weighted by Crippen LogP contribution is 2.30. The first-order valence-electron chi connectivity index (χ1n) is 12.2. The molecule has 0 aliphatic carbocycles. The van der Waals surface area contributed by atoms with Crippen LogP contribution in [0.5, 0.6) is 0 Å². The fourth-order valence-electron chi connectivity index (χ4n) is 4.04. The normalized spacial score (nSPS) is 12.0. The summed E-state index contributed by atoms with van der Waals surface area (Å²) in [4.78, 5) is 28.3. The van der Waals surface area contributed by atoms with E-state index in [9.17, 15) is 18.0 Å². The van der Waals surface area contributed by atoms with Crippen LogP contribution >= 0.6 is 23.2 Å². The number of carbonyl (C=O) groups is 2. The molecule has 2 amide bonds. The fourth-order valence-corrected chi connectivity index (χ4v) is 5.95. The Kier molecular flexibility index (Phi) is 10.2. The number of amides is 2. The van der Waals surface area contributed by atoms with Gasteiger partial charge >= 0.3 is 0 Å². The molecule has 0 radical (unpaired) electrons. The Balaban J connectivity index is 2.08. The number of benzene rings is 3. The molecule has 3 aromatic rings. The minimum absolute atomic E-state index is 0.0115. The molecule has 1 N–H and O–H groups in total. The molecule has 0 bridgehead atoms. The van der Waals surface area contributed by atoms with Gasteiger partial charge in [0.1, 0.15) is 12.6 Å². The van der Waals surface area contributed by atoms with Gasteiger partial charge in [0.15, 0.2) is 0 Å². The van der Waals surface area contributed by atoms with Crippen LogP contribution in [0.4, 0.5) is 5.69 Å². The van der Waals surface area contributed by atoms with Gasteiger partial charge in [-0.05, 0) is 56.2 Å². The zero-order valence-corrected chi connectivity index (χ0v) is 23.9. The zero-order chi connectivity index (χ0) is 27.9. The smallest absolute Gasteiger partial charge is 0.264 e. The average Bonchev–Trinajstić information content (AvgIpc) is 2.87. The summed E-state index contributed by atoms with van der Waals surface area (Å²) in [6, 6.07) is 19.1. The van der Waals surface area contributed by atoms with Crippen LogP contribution in [0.25, 0.3) is 0 Å². The Morgan fingerprint density at radius 1 is 0.921 bits per heavy atom. The molecular weight excluding hydrogens is 545 g/mol. The predicted octanol–water partition coefficient (Wildman–Crippen LogP) is 5.44. The Labute approximate surface area is 234 Å². The summed E-state index contributed by atoms with van der Waals surface area (Å²) in [5.74, 6) is -0.850. The number of hydrogen-bond acceptors (Lipinski definition) is 4. The number of carbonyl (C=O) groups excluding carboxylic acids is 2. The summed E-state index contributed by atoms with van der Waals surface area (Å²) in [5, 5.41) is 3.22. The molecule has 0 aliphatic rings. The summed E-state index contributed by atoms with van der Waals surface area (Å²) >= 11 is 12.4. The number of sulfonamides is 1. The molecule has 3 aromatic carbocycles. The van der Waals surface area contributed by atoms with Gasteiger partial charge in [-0.3, -0.25) is 13.9 Å². The van der Waals surface area contributed by atoms with Crippen molar-refractivity contribution in [2.75, 3.05) is 17.4 Å². The summed E-state index contributed by atoms with van der Waals surface area (Å²) in [6.07, 6.45) is 0.345. The van der Waals surface area contributed by atoms with Gasteiger partial charge in [-0.2, -0.15) is 0 Å². The molecule has 7 nitrogen and oxygen atoms in total. The summed E-state index contributed by atoms with van der Waals surface area (Å²) < 4.78 is 28.7. The highest BCUT2D eigenvalue weighted by atomic mass is 35.5. The second kappa shape index (κ2) is 13.1. The first-order chi connectivity index (χ1) is 18.1. The molecule has 1 unspecified atom stereocenters. The molecule has 202 valence electrons. The monoisotopic (exact) mass is 575 g/mol. The first-order valence-corrected chi connectivity index (χ1v) is 14.4. The van der Waals surface area contributed by atoms with Gasteiger partial charge in [-0.1, -0.05) is 78.2 Å². The van der Waals surface area contributed by atoms with E-state index in [1.807, 2.05) is 44.2 Å². The summed E-state index contributed by atoms with van der Waals surface area (Å²) in [7, 11) is -4.20. The molecule has 0 aliphatic heterocycles. The van der Waals surface area contributed by atoms with Crippen molar-refractivity contribution < 1.29 is 18.0 Å². The third-order valence-electron chi connectivity index (χ3n) is 5.96. The van der Waals surface area contributed by atoms with Gasteiger partial charge in [0.2, 0.25) is 11.8 Å². The quantitative estimate of drug-likeness (QED) is 0.330. The second-order valence-corrected chi connectivity index (χ2v) is 11.5. The van der Waals surface area contributed by atoms with Crippen molar-refractivity contribution in [3.05, 3.63) is 94.0 Å². The average molecular weight is 577 g/mol. The van der Waals surface area contributed by atoms with Gasteiger partial charge in [-0.15, -0.1) is 0 Å². The van der Waals surface area contributed by atoms with Crippen LogP contribution in [0.2, 0.25) is 10.0 Å². The van der Waals surface area contributed by atoms with E-state index in [0.717, 1.165) is 15.4 Å². The van der Waals surface area contributed by atoms with Crippen LogP contribution in [0.15, 0.2) is 77.7 Å². The van der Waals surface area contributed by atoms with E-state index in [-0.39, 0.29) is 33.1 Å². The topological polar surface area (TPSA) is 86.8 Å². The molecular formula is C28H31Cl2N3O4S. The number of halogens is 2. The minimum Gasteiger partial charge on any atom is -0.355 e. The predicted molar refractivity (Wildman–Crippen MR) is 152 cm³/mol. The zero-order valence-electron chi connectivity index (χ0n) is 21.5. The van der Waals surface area contributed by atoms with E-state index in [0.29, 0.717) is 13.0 Å². The van der Waals surface area contributed by atoms with Crippen LogP contribution in [0.3, 0.4) is 0 Å². The third-order valence-corrected chi connectivity index (χ3v) is 8.18. The second-order valence-electron chi connectivity index (χ2n) is 8.78. The standard InChI is InChI=1S/C28H31Cl2N3O4S/c1-4-26(28(35)31-5-2)32(18-21-9-7-6-8-10-21)27(34)19-33(24-16-22(29)15-23(30)17-24)38(36,37)25-13-11-20(3)12-14-25/h6-17,26H,4-5,18-19H2,1-3H3,(H,31,35). The Morgan fingerprint density at radius 2 is 1.53 bits per heavy atom. The lowest BCUT2D eigenvalue weighted by Crippen LogP contribution is -2.52. The molecule has 0 saturated carbocycles.